The van der Waals surface area contributed by atoms with Crippen LogP contribution in [0.5, 0.6) is 0 Å². The third kappa shape index (κ3) is 4.94. The molecule has 162 valence electrons. The number of aromatic carboxylic acids is 1. The van der Waals surface area contributed by atoms with E-state index >= 15 is 0 Å². The normalized spacial score (nSPS) is 15.6. The topological polar surface area (TPSA) is 56.7 Å². The number of para-hydroxylation sites is 1. The average molecular weight is 418 g/mol. The van der Waals surface area contributed by atoms with Gasteiger partial charge in [-0.15, -0.1) is 0 Å². The van der Waals surface area contributed by atoms with Gasteiger partial charge in [-0.05, 0) is 24.9 Å². The Bertz CT molecular complexity index is 1040. The van der Waals surface area contributed by atoms with Crippen molar-refractivity contribution >= 4 is 16.9 Å². The molecular weight excluding hydrogens is 386 g/mol. The summed E-state index contributed by atoms with van der Waals surface area (Å²) in [6.45, 7) is 10.2. The lowest BCUT2D eigenvalue weighted by Gasteiger charge is -2.35. The summed E-state index contributed by atoms with van der Waals surface area (Å²) >= 11 is 0. The van der Waals surface area contributed by atoms with E-state index in [9.17, 15) is 9.90 Å². The van der Waals surface area contributed by atoms with Crippen molar-refractivity contribution in [2.75, 3.05) is 32.7 Å². The van der Waals surface area contributed by atoms with Crippen LogP contribution in [0, 0.1) is 5.92 Å². The average Bonchev–Trinajstić information content (AvgIpc) is 2.78. The third-order valence-electron chi connectivity index (χ3n) is 6.12. The maximum absolute atomic E-state index is 12.4. The number of carboxylic acid groups (broad SMARTS) is 1. The Morgan fingerprint density at radius 3 is 2.29 bits per heavy atom. The zero-order valence-corrected chi connectivity index (χ0v) is 18.4. The number of rotatable bonds is 7. The number of nitrogens with zero attached hydrogens (tertiary/aromatic N) is 3. The molecule has 4 rings (SSSR count). The van der Waals surface area contributed by atoms with E-state index in [1.54, 1.807) is 0 Å². The fourth-order valence-electron chi connectivity index (χ4n) is 4.32. The molecule has 0 spiro atoms. The highest BCUT2D eigenvalue weighted by Crippen LogP contribution is 2.31. The number of carbonyl (C=O) groups is 1. The summed E-state index contributed by atoms with van der Waals surface area (Å²) in [6.07, 6.45) is 1.22. The molecule has 5 nitrogen and oxygen atoms in total. The summed E-state index contributed by atoms with van der Waals surface area (Å²) in [5.41, 5.74) is 3.65. The Morgan fingerprint density at radius 2 is 1.61 bits per heavy atom. The molecule has 0 radical (unpaired) electrons. The van der Waals surface area contributed by atoms with Crippen LogP contribution in [0.2, 0.25) is 0 Å². The Balaban J connectivity index is 1.68. The molecule has 0 unspecified atom stereocenters. The van der Waals surface area contributed by atoms with Crippen LogP contribution in [-0.4, -0.2) is 58.6 Å². The van der Waals surface area contributed by atoms with Gasteiger partial charge in [0.25, 0.3) is 0 Å². The van der Waals surface area contributed by atoms with Gasteiger partial charge in [0.05, 0.1) is 16.8 Å². The number of aromatic nitrogens is 1. The molecule has 3 aromatic rings. The van der Waals surface area contributed by atoms with Crippen LogP contribution in [0.3, 0.4) is 0 Å². The van der Waals surface area contributed by atoms with Gasteiger partial charge in [-0.3, -0.25) is 4.90 Å². The first-order valence-corrected chi connectivity index (χ1v) is 11.2. The molecule has 2 heterocycles. The Morgan fingerprint density at radius 1 is 0.968 bits per heavy atom. The lowest BCUT2D eigenvalue weighted by molar-refractivity contribution is 0.0695. The molecule has 0 amide bonds. The predicted molar refractivity (Wildman–Crippen MR) is 125 cm³/mol. The number of benzene rings is 2. The predicted octanol–water partition coefficient (Wildman–Crippen LogP) is 4.76. The van der Waals surface area contributed by atoms with E-state index in [0.717, 1.165) is 55.1 Å². The maximum Gasteiger partial charge on any atom is 0.336 e. The van der Waals surface area contributed by atoms with Crippen LogP contribution in [0.25, 0.3) is 22.2 Å². The molecule has 1 fully saturated rings. The third-order valence-corrected chi connectivity index (χ3v) is 6.12. The van der Waals surface area contributed by atoms with Crippen molar-refractivity contribution in [3.63, 3.8) is 0 Å². The zero-order valence-electron chi connectivity index (χ0n) is 18.4. The van der Waals surface area contributed by atoms with Gasteiger partial charge in [0.15, 0.2) is 0 Å². The molecule has 1 saturated heterocycles. The van der Waals surface area contributed by atoms with Crippen molar-refractivity contribution in [2.45, 2.75) is 26.8 Å². The quantitative estimate of drug-likeness (QED) is 0.600. The van der Waals surface area contributed by atoms with E-state index in [0.29, 0.717) is 23.4 Å². The van der Waals surface area contributed by atoms with Gasteiger partial charge >= 0.3 is 5.97 Å². The van der Waals surface area contributed by atoms with Crippen molar-refractivity contribution in [3.8, 4) is 11.3 Å². The van der Waals surface area contributed by atoms with Gasteiger partial charge in [-0.1, -0.05) is 62.4 Å². The molecule has 1 aliphatic rings. The second kappa shape index (κ2) is 9.58. The van der Waals surface area contributed by atoms with Gasteiger partial charge in [-0.2, -0.15) is 0 Å². The first kappa shape index (κ1) is 21.5. The molecule has 1 N–H and O–H groups in total. The van der Waals surface area contributed by atoms with Crippen molar-refractivity contribution in [1.29, 1.82) is 0 Å². The monoisotopic (exact) mass is 417 g/mol. The van der Waals surface area contributed by atoms with Crippen molar-refractivity contribution in [2.24, 2.45) is 5.92 Å². The Kier molecular flexibility index (Phi) is 6.64. The fourth-order valence-corrected chi connectivity index (χ4v) is 4.32. The summed E-state index contributed by atoms with van der Waals surface area (Å²) in [4.78, 5) is 22.2. The van der Waals surface area contributed by atoms with E-state index in [1.165, 1.54) is 6.42 Å². The van der Waals surface area contributed by atoms with Gasteiger partial charge in [0.2, 0.25) is 0 Å². The SMILES string of the molecule is CC(C)CCN1CCN(Cc2c(-c3ccccc3)nc3ccccc3c2C(=O)O)CC1. The molecule has 1 aromatic heterocycles. The minimum Gasteiger partial charge on any atom is -0.478 e. The highest BCUT2D eigenvalue weighted by molar-refractivity contribution is 6.05. The fraction of sp³-hybridized carbons (Fsp3) is 0.385. The number of pyridine rings is 1. The van der Waals surface area contributed by atoms with E-state index in [2.05, 4.69) is 23.6 Å². The van der Waals surface area contributed by atoms with E-state index < -0.39 is 5.97 Å². The lowest BCUT2D eigenvalue weighted by Crippen LogP contribution is -2.46. The molecular formula is C26H31N3O2. The minimum atomic E-state index is -0.888. The van der Waals surface area contributed by atoms with Crippen LogP contribution in [-0.2, 0) is 6.54 Å². The Labute approximate surface area is 184 Å². The number of carboxylic acids is 1. The molecule has 31 heavy (non-hydrogen) atoms. The number of hydrogen-bond donors (Lipinski definition) is 1. The molecule has 0 atom stereocenters. The zero-order chi connectivity index (χ0) is 21.8. The molecule has 1 aliphatic heterocycles. The largest absolute Gasteiger partial charge is 0.478 e. The van der Waals surface area contributed by atoms with Crippen LogP contribution in [0.4, 0.5) is 0 Å². The van der Waals surface area contributed by atoms with Gasteiger partial charge in [-0.25, -0.2) is 9.78 Å². The van der Waals surface area contributed by atoms with Gasteiger partial charge in [0.1, 0.15) is 0 Å². The number of fused-ring (bicyclic) bond motifs is 1. The van der Waals surface area contributed by atoms with Crippen molar-refractivity contribution < 1.29 is 9.90 Å². The second-order valence-corrected chi connectivity index (χ2v) is 8.80. The van der Waals surface area contributed by atoms with Crippen LogP contribution in [0.1, 0.15) is 36.2 Å². The summed E-state index contributed by atoms with van der Waals surface area (Å²) < 4.78 is 0. The van der Waals surface area contributed by atoms with Gasteiger partial charge in [0, 0.05) is 49.2 Å². The van der Waals surface area contributed by atoms with Gasteiger partial charge < -0.3 is 10.0 Å². The first-order chi connectivity index (χ1) is 15.0. The lowest BCUT2D eigenvalue weighted by atomic mass is 9.96. The van der Waals surface area contributed by atoms with Crippen molar-refractivity contribution in [1.82, 2.24) is 14.8 Å². The summed E-state index contributed by atoms with van der Waals surface area (Å²) in [7, 11) is 0. The molecule has 0 bridgehead atoms. The molecule has 2 aromatic carbocycles. The molecule has 0 saturated carbocycles. The maximum atomic E-state index is 12.4. The van der Waals surface area contributed by atoms with Crippen LogP contribution >= 0.6 is 0 Å². The summed E-state index contributed by atoms with van der Waals surface area (Å²) in [5, 5.41) is 10.9. The van der Waals surface area contributed by atoms with Crippen molar-refractivity contribution in [3.05, 3.63) is 65.7 Å². The number of hydrogen-bond acceptors (Lipinski definition) is 4. The highest BCUT2D eigenvalue weighted by Gasteiger charge is 2.24. The van der Waals surface area contributed by atoms with Crippen LogP contribution in [0.15, 0.2) is 54.6 Å². The first-order valence-electron chi connectivity index (χ1n) is 11.2. The summed E-state index contributed by atoms with van der Waals surface area (Å²) in [6, 6.07) is 17.5. The van der Waals surface area contributed by atoms with E-state index in [-0.39, 0.29) is 0 Å². The van der Waals surface area contributed by atoms with E-state index in [1.807, 2.05) is 54.6 Å². The smallest absolute Gasteiger partial charge is 0.336 e. The molecule has 0 aliphatic carbocycles. The number of piperazine rings is 1. The second-order valence-electron chi connectivity index (χ2n) is 8.80. The Hall–Kier alpha value is -2.76. The minimum absolute atomic E-state index is 0.381. The molecule has 5 heteroatoms. The van der Waals surface area contributed by atoms with Crippen LogP contribution < -0.4 is 0 Å². The highest BCUT2D eigenvalue weighted by atomic mass is 16.4. The van der Waals surface area contributed by atoms with E-state index in [4.69, 9.17) is 4.98 Å². The summed E-state index contributed by atoms with van der Waals surface area (Å²) in [5.74, 6) is -0.172. The standard InChI is InChI=1S/C26H31N3O2/c1-19(2)12-13-28-14-16-29(17-15-28)18-22-24(26(30)31)21-10-6-7-11-23(21)27-25(22)20-8-4-3-5-9-20/h3-11,19H,12-18H2,1-2H3,(H,30,31).